The van der Waals surface area contributed by atoms with E-state index < -0.39 is 0 Å². The summed E-state index contributed by atoms with van der Waals surface area (Å²) in [6, 6.07) is 8.76. The SMILES string of the molecule is CC1(C(=O)NCC2NCCc3ccccc32)CCCNC1. The number of piperidine rings is 1. The third-order valence-electron chi connectivity index (χ3n) is 4.83. The lowest BCUT2D eigenvalue weighted by atomic mass is 9.82. The molecular weight excluding hydrogens is 262 g/mol. The lowest BCUT2D eigenvalue weighted by Crippen LogP contribution is -2.50. The van der Waals surface area contributed by atoms with Crippen molar-refractivity contribution in [3.05, 3.63) is 35.4 Å². The maximum Gasteiger partial charge on any atom is 0.227 e. The van der Waals surface area contributed by atoms with Gasteiger partial charge in [0.25, 0.3) is 0 Å². The standard InChI is InChI=1S/C17H25N3O/c1-17(8-4-9-18-12-17)16(21)20-11-15-14-6-3-2-5-13(14)7-10-19-15/h2-3,5-6,15,18-19H,4,7-12H2,1H3,(H,20,21). The zero-order valence-corrected chi connectivity index (χ0v) is 12.7. The molecule has 1 fully saturated rings. The minimum Gasteiger partial charge on any atom is -0.354 e. The van der Waals surface area contributed by atoms with Crippen molar-refractivity contribution in [1.82, 2.24) is 16.0 Å². The molecule has 0 saturated carbocycles. The Morgan fingerprint density at radius 2 is 2.24 bits per heavy atom. The highest BCUT2D eigenvalue weighted by Gasteiger charge is 2.34. The first-order valence-corrected chi connectivity index (χ1v) is 7.99. The predicted molar refractivity (Wildman–Crippen MR) is 84.1 cm³/mol. The van der Waals surface area contributed by atoms with E-state index in [0.717, 1.165) is 38.9 Å². The average Bonchev–Trinajstić information content (AvgIpc) is 2.53. The van der Waals surface area contributed by atoms with Gasteiger partial charge >= 0.3 is 0 Å². The van der Waals surface area contributed by atoms with E-state index in [2.05, 4.69) is 47.1 Å². The largest absolute Gasteiger partial charge is 0.354 e. The topological polar surface area (TPSA) is 53.2 Å². The summed E-state index contributed by atoms with van der Waals surface area (Å²) in [5.41, 5.74) is 2.48. The van der Waals surface area contributed by atoms with E-state index in [1.807, 2.05) is 0 Å². The van der Waals surface area contributed by atoms with Crippen LogP contribution in [0.1, 0.15) is 36.9 Å². The molecule has 21 heavy (non-hydrogen) atoms. The number of nitrogens with one attached hydrogen (secondary N) is 3. The van der Waals surface area contributed by atoms with E-state index in [4.69, 9.17) is 0 Å². The fourth-order valence-corrected chi connectivity index (χ4v) is 3.43. The summed E-state index contributed by atoms with van der Waals surface area (Å²) in [6.45, 7) is 5.53. The van der Waals surface area contributed by atoms with Crippen molar-refractivity contribution in [2.24, 2.45) is 5.41 Å². The Morgan fingerprint density at radius 3 is 3.05 bits per heavy atom. The summed E-state index contributed by atoms with van der Waals surface area (Å²) >= 11 is 0. The summed E-state index contributed by atoms with van der Waals surface area (Å²) in [6.07, 6.45) is 3.12. The van der Waals surface area contributed by atoms with Gasteiger partial charge in [-0.1, -0.05) is 24.3 Å². The van der Waals surface area contributed by atoms with Crippen LogP contribution in [-0.2, 0) is 11.2 Å². The fraction of sp³-hybridized carbons (Fsp3) is 0.588. The molecular formula is C17H25N3O. The first kappa shape index (κ1) is 14.5. The summed E-state index contributed by atoms with van der Waals surface area (Å²) in [5.74, 6) is 0.180. The number of carbonyl (C=O) groups excluding carboxylic acids is 1. The van der Waals surface area contributed by atoms with Crippen molar-refractivity contribution in [3.8, 4) is 0 Å². The number of amides is 1. The van der Waals surface area contributed by atoms with Gasteiger partial charge in [0, 0.05) is 19.1 Å². The molecule has 2 heterocycles. The lowest BCUT2D eigenvalue weighted by Gasteiger charge is -2.34. The van der Waals surface area contributed by atoms with E-state index in [0.29, 0.717) is 6.54 Å². The van der Waals surface area contributed by atoms with Crippen molar-refractivity contribution in [2.45, 2.75) is 32.2 Å². The molecule has 1 saturated heterocycles. The van der Waals surface area contributed by atoms with Crippen LogP contribution in [0.5, 0.6) is 0 Å². The molecule has 2 atom stereocenters. The van der Waals surface area contributed by atoms with Crippen LogP contribution in [0.2, 0.25) is 0 Å². The Morgan fingerprint density at radius 1 is 1.38 bits per heavy atom. The molecule has 0 aromatic heterocycles. The molecule has 1 aromatic rings. The molecule has 4 nitrogen and oxygen atoms in total. The van der Waals surface area contributed by atoms with E-state index in [9.17, 15) is 4.79 Å². The van der Waals surface area contributed by atoms with Gasteiger partial charge in [-0.2, -0.15) is 0 Å². The van der Waals surface area contributed by atoms with E-state index in [1.165, 1.54) is 11.1 Å². The van der Waals surface area contributed by atoms with Crippen LogP contribution >= 0.6 is 0 Å². The number of rotatable bonds is 3. The Hall–Kier alpha value is -1.39. The highest BCUT2D eigenvalue weighted by molar-refractivity contribution is 5.82. The number of fused-ring (bicyclic) bond motifs is 1. The third kappa shape index (κ3) is 3.11. The van der Waals surface area contributed by atoms with E-state index in [-0.39, 0.29) is 17.4 Å². The first-order chi connectivity index (χ1) is 10.2. The zero-order valence-electron chi connectivity index (χ0n) is 12.7. The monoisotopic (exact) mass is 287 g/mol. The lowest BCUT2D eigenvalue weighted by molar-refractivity contribution is -0.131. The minimum atomic E-state index is -0.258. The van der Waals surface area contributed by atoms with Crippen LogP contribution in [0.3, 0.4) is 0 Å². The maximum atomic E-state index is 12.5. The molecule has 1 amide bonds. The summed E-state index contributed by atoms with van der Waals surface area (Å²) < 4.78 is 0. The zero-order chi connectivity index (χ0) is 14.7. The smallest absolute Gasteiger partial charge is 0.227 e. The van der Waals surface area contributed by atoms with Gasteiger partial charge < -0.3 is 16.0 Å². The quantitative estimate of drug-likeness (QED) is 0.787. The van der Waals surface area contributed by atoms with Crippen molar-refractivity contribution in [1.29, 1.82) is 0 Å². The third-order valence-corrected chi connectivity index (χ3v) is 4.83. The Bertz CT molecular complexity index is 509. The van der Waals surface area contributed by atoms with Gasteiger partial charge in [-0.15, -0.1) is 0 Å². The molecule has 1 aromatic carbocycles. The Labute approximate surface area is 126 Å². The normalized spacial score (nSPS) is 28.7. The van der Waals surface area contributed by atoms with Crippen molar-refractivity contribution < 1.29 is 4.79 Å². The van der Waals surface area contributed by atoms with Gasteiger partial charge in [-0.25, -0.2) is 0 Å². The van der Waals surface area contributed by atoms with Crippen molar-refractivity contribution >= 4 is 5.91 Å². The summed E-state index contributed by atoms with van der Waals surface area (Å²) in [5, 5.41) is 10.0. The number of carbonyl (C=O) groups is 1. The minimum absolute atomic E-state index is 0.180. The average molecular weight is 287 g/mol. The molecule has 3 N–H and O–H groups in total. The first-order valence-electron chi connectivity index (χ1n) is 7.99. The number of hydrogen-bond donors (Lipinski definition) is 3. The van der Waals surface area contributed by atoms with Crippen LogP contribution in [0.25, 0.3) is 0 Å². The van der Waals surface area contributed by atoms with Gasteiger partial charge in [0.05, 0.1) is 5.41 Å². The molecule has 2 aliphatic heterocycles. The van der Waals surface area contributed by atoms with Gasteiger partial charge in [-0.05, 0) is 50.4 Å². The number of hydrogen-bond acceptors (Lipinski definition) is 3. The molecule has 2 aliphatic rings. The van der Waals surface area contributed by atoms with Gasteiger partial charge in [0.15, 0.2) is 0 Å². The van der Waals surface area contributed by atoms with Gasteiger partial charge in [0.1, 0.15) is 0 Å². The fourth-order valence-electron chi connectivity index (χ4n) is 3.43. The molecule has 3 rings (SSSR count). The van der Waals surface area contributed by atoms with E-state index >= 15 is 0 Å². The van der Waals surface area contributed by atoms with Crippen LogP contribution < -0.4 is 16.0 Å². The molecule has 4 heteroatoms. The highest BCUT2D eigenvalue weighted by atomic mass is 16.2. The van der Waals surface area contributed by atoms with E-state index in [1.54, 1.807) is 0 Å². The molecule has 2 unspecified atom stereocenters. The van der Waals surface area contributed by atoms with Crippen LogP contribution in [-0.4, -0.2) is 32.1 Å². The Balaban J connectivity index is 1.62. The highest BCUT2D eigenvalue weighted by Crippen LogP contribution is 2.26. The second-order valence-corrected chi connectivity index (χ2v) is 6.51. The summed E-state index contributed by atoms with van der Waals surface area (Å²) in [4.78, 5) is 12.5. The maximum absolute atomic E-state index is 12.5. The number of benzene rings is 1. The predicted octanol–water partition coefficient (Wildman–Crippen LogP) is 1.38. The Kier molecular flexibility index (Phi) is 4.27. The van der Waals surface area contributed by atoms with Gasteiger partial charge in [-0.3, -0.25) is 4.79 Å². The van der Waals surface area contributed by atoms with Crippen LogP contribution in [0.15, 0.2) is 24.3 Å². The van der Waals surface area contributed by atoms with Crippen molar-refractivity contribution in [3.63, 3.8) is 0 Å². The molecule has 0 radical (unpaired) electrons. The molecule has 0 bridgehead atoms. The second-order valence-electron chi connectivity index (χ2n) is 6.51. The van der Waals surface area contributed by atoms with Gasteiger partial charge in [0.2, 0.25) is 5.91 Å². The van der Waals surface area contributed by atoms with Crippen LogP contribution in [0.4, 0.5) is 0 Å². The molecule has 0 spiro atoms. The molecule has 0 aliphatic carbocycles. The van der Waals surface area contributed by atoms with Crippen LogP contribution in [0, 0.1) is 5.41 Å². The van der Waals surface area contributed by atoms with Crippen molar-refractivity contribution in [2.75, 3.05) is 26.2 Å². The summed E-state index contributed by atoms with van der Waals surface area (Å²) in [7, 11) is 0. The second kappa shape index (κ2) is 6.16. The molecule has 114 valence electrons.